The highest BCUT2D eigenvalue weighted by Crippen LogP contribution is 2.26. The molecule has 3 N–H and O–H groups in total. The second kappa shape index (κ2) is 9.63. The summed E-state index contributed by atoms with van der Waals surface area (Å²) < 4.78 is 26.0. The van der Waals surface area contributed by atoms with Gasteiger partial charge in [-0.15, -0.1) is 11.3 Å². The minimum absolute atomic E-state index is 0.0441. The van der Waals surface area contributed by atoms with Crippen LogP contribution in [0.4, 0.5) is 0 Å². The molecule has 4 rings (SSSR count). The Morgan fingerprint density at radius 2 is 1.79 bits per heavy atom. The first-order valence-electron chi connectivity index (χ1n) is 10.2. The lowest BCUT2D eigenvalue weighted by molar-refractivity contribution is -0.140. The molecule has 2 aromatic carbocycles. The van der Waals surface area contributed by atoms with Gasteiger partial charge in [0, 0.05) is 22.7 Å². The van der Waals surface area contributed by atoms with Crippen LogP contribution < -0.4 is 0 Å². The number of fused-ring (bicyclic) bond motifs is 1. The normalized spacial score (nSPS) is 12.3. The number of hydrogen-bond acceptors (Lipinski definition) is 5. The maximum Gasteiger partial charge on any atom is 0.307 e. The molecule has 0 aliphatic rings. The molecule has 1 atom stereocenters. The molecular formula is C25H21NO5S2. The first-order chi connectivity index (χ1) is 15.9. The highest BCUT2D eigenvalue weighted by Gasteiger charge is 2.28. The molecule has 0 saturated carbocycles. The van der Waals surface area contributed by atoms with Crippen LogP contribution in [-0.2, 0) is 27.7 Å². The molecule has 0 unspecified atom stereocenters. The van der Waals surface area contributed by atoms with E-state index >= 15 is 0 Å². The van der Waals surface area contributed by atoms with Crippen molar-refractivity contribution >= 4 is 38.0 Å². The average Bonchev–Trinajstić information content (AvgIpc) is 3.45. The van der Waals surface area contributed by atoms with E-state index in [0.717, 1.165) is 38.9 Å². The zero-order valence-electron chi connectivity index (χ0n) is 17.5. The van der Waals surface area contributed by atoms with Crippen LogP contribution in [0, 0.1) is 17.8 Å². The second-order valence-electron chi connectivity index (χ2n) is 7.60. The number of aliphatic hydroxyl groups excluding tert-OH is 1. The van der Waals surface area contributed by atoms with Crippen LogP contribution in [0.25, 0.3) is 10.9 Å². The summed E-state index contributed by atoms with van der Waals surface area (Å²) in [6, 6.07) is 17.7. The highest BCUT2D eigenvalue weighted by molar-refractivity contribution is 7.93. The Kier molecular flexibility index (Phi) is 6.65. The summed E-state index contributed by atoms with van der Waals surface area (Å²) in [5, 5.41) is 19.7. The van der Waals surface area contributed by atoms with Crippen molar-refractivity contribution < 1.29 is 23.4 Å². The number of aliphatic carboxylic acids is 1. The van der Waals surface area contributed by atoms with E-state index in [1.165, 1.54) is 6.07 Å². The monoisotopic (exact) mass is 479 g/mol. The Bertz CT molecular complexity index is 1450. The molecule has 0 saturated heterocycles. The van der Waals surface area contributed by atoms with E-state index in [0.29, 0.717) is 4.88 Å². The zero-order valence-corrected chi connectivity index (χ0v) is 19.1. The van der Waals surface area contributed by atoms with Crippen molar-refractivity contribution in [3.05, 3.63) is 88.4 Å². The number of sulfone groups is 1. The molecule has 4 aromatic rings. The van der Waals surface area contributed by atoms with Gasteiger partial charge in [0.1, 0.15) is 4.21 Å². The minimum Gasteiger partial charge on any atom is -0.481 e. The number of benzene rings is 2. The van der Waals surface area contributed by atoms with Gasteiger partial charge in [0.2, 0.25) is 0 Å². The summed E-state index contributed by atoms with van der Waals surface area (Å²) in [7, 11) is -3.80. The average molecular weight is 480 g/mol. The number of aromatic nitrogens is 1. The van der Waals surface area contributed by atoms with Gasteiger partial charge in [0.25, 0.3) is 0 Å². The number of carboxylic acid groups (broad SMARTS) is 1. The van der Waals surface area contributed by atoms with Gasteiger partial charge in [-0.3, -0.25) is 4.79 Å². The fourth-order valence-corrected chi connectivity index (χ4v) is 6.31. The van der Waals surface area contributed by atoms with Crippen molar-refractivity contribution in [1.29, 1.82) is 0 Å². The predicted molar refractivity (Wildman–Crippen MR) is 128 cm³/mol. The molecule has 0 amide bonds. The molecule has 2 heterocycles. The van der Waals surface area contributed by atoms with Crippen LogP contribution in [0.15, 0.2) is 71.1 Å². The van der Waals surface area contributed by atoms with Gasteiger partial charge >= 0.3 is 5.97 Å². The van der Waals surface area contributed by atoms with Crippen LogP contribution >= 0.6 is 11.3 Å². The van der Waals surface area contributed by atoms with Gasteiger partial charge in [0.05, 0.1) is 23.2 Å². The Balaban J connectivity index is 1.51. The lowest BCUT2D eigenvalue weighted by Crippen LogP contribution is -2.25. The summed E-state index contributed by atoms with van der Waals surface area (Å²) in [5.74, 6) is 3.21. The van der Waals surface area contributed by atoms with Crippen LogP contribution in [0.3, 0.4) is 0 Å². The molecule has 0 aliphatic carbocycles. The third-order valence-electron chi connectivity index (χ3n) is 5.27. The molecule has 0 radical (unpaired) electrons. The van der Waals surface area contributed by atoms with Crippen LogP contribution in [-0.4, -0.2) is 35.3 Å². The number of aliphatic hydroxyl groups is 1. The van der Waals surface area contributed by atoms with Crippen LogP contribution in [0.5, 0.6) is 0 Å². The van der Waals surface area contributed by atoms with E-state index in [4.69, 9.17) is 5.11 Å². The number of aromatic amines is 1. The number of H-pyrrole nitrogens is 1. The first-order valence-corrected chi connectivity index (χ1v) is 12.6. The smallest absolute Gasteiger partial charge is 0.307 e. The maximum atomic E-state index is 13.0. The van der Waals surface area contributed by atoms with E-state index in [1.54, 1.807) is 36.5 Å². The lowest BCUT2D eigenvalue weighted by Gasteiger charge is -2.11. The van der Waals surface area contributed by atoms with Crippen molar-refractivity contribution in [3.8, 4) is 11.8 Å². The molecular weight excluding hydrogens is 458 g/mol. The van der Waals surface area contributed by atoms with Crippen molar-refractivity contribution in [2.24, 2.45) is 5.92 Å². The molecule has 6 nitrogen and oxygen atoms in total. The van der Waals surface area contributed by atoms with E-state index in [1.807, 2.05) is 24.3 Å². The number of thiophene rings is 1. The van der Waals surface area contributed by atoms with Crippen molar-refractivity contribution in [3.63, 3.8) is 0 Å². The van der Waals surface area contributed by atoms with Gasteiger partial charge in [-0.05, 0) is 47.9 Å². The van der Waals surface area contributed by atoms with Gasteiger partial charge < -0.3 is 15.2 Å². The van der Waals surface area contributed by atoms with Gasteiger partial charge in [-0.25, -0.2) is 8.42 Å². The number of para-hydroxylation sites is 1. The van der Waals surface area contributed by atoms with E-state index < -0.39 is 27.5 Å². The summed E-state index contributed by atoms with van der Waals surface area (Å²) in [6.45, 7) is -0.0441. The molecule has 33 heavy (non-hydrogen) atoms. The molecule has 0 spiro atoms. The Hall–Kier alpha value is -3.38. The van der Waals surface area contributed by atoms with Crippen LogP contribution in [0.1, 0.15) is 21.6 Å². The third kappa shape index (κ3) is 5.34. The van der Waals surface area contributed by atoms with Gasteiger partial charge in [-0.2, -0.15) is 0 Å². The Labute approximate surface area is 195 Å². The number of carboxylic acids is 1. The number of carbonyl (C=O) groups is 1. The molecule has 0 fully saturated rings. The number of rotatable bonds is 7. The molecule has 8 heteroatoms. The third-order valence-corrected chi connectivity index (χ3v) is 8.66. The fraction of sp³-hybridized carbons (Fsp3) is 0.160. The van der Waals surface area contributed by atoms with Crippen molar-refractivity contribution in [1.82, 2.24) is 4.98 Å². The Morgan fingerprint density at radius 1 is 1.03 bits per heavy atom. The number of hydrogen-bond donors (Lipinski definition) is 3. The van der Waals surface area contributed by atoms with Gasteiger partial charge in [0.15, 0.2) is 9.84 Å². The van der Waals surface area contributed by atoms with E-state index in [9.17, 15) is 18.3 Å². The van der Waals surface area contributed by atoms with Crippen molar-refractivity contribution in [2.75, 3.05) is 5.75 Å². The Morgan fingerprint density at radius 3 is 2.52 bits per heavy atom. The zero-order chi connectivity index (χ0) is 23.4. The summed E-state index contributed by atoms with van der Waals surface area (Å²) in [6.07, 6.45) is 1.85. The van der Waals surface area contributed by atoms with Crippen LogP contribution in [0.2, 0.25) is 0 Å². The van der Waals surface area contributed by atoms with E-state index in [-0.39, 0.29) is 17.2 Å². The first kappa shape index (κ1) is 22.8. The predicted octanol–water partition coefficient (Wildman–Crippen LogP) is 3.84. The fourth-order valence-electron chi connectivity index (χ4n) is 3.51. The molecule has 0 bridgehead atoms. The highest BCUT2D eigenvalue weighted by atomic mass is 32.2. The van der Waals surface area contributed by atoms with Gasteiger partial charge in [-0.1, -0.05) is 42.2 Å². The quantitative estimate of drug-likeness (QED) is 0.349. The minimum atomic E-state index is -3.80. The SMILES string of the molecule is O=C(O)[C@H](Cc1c[nH]c2ccccc12)CS(=O)(=O)c1ccc(C#Cc2ccc(CO)cc2)s1. The molecule has 168 valence electrons. The maximum absolute atomic E-state index is 13.0. The summed E-state index contributed by atoms with van der Waals surface area (Å²) in [5.41, 5.74) is 3.19. The van der Waals surface area contributed by atoms with E-state index in [2.05, 4.69) is 16.8 Å². The second-order valence-corrected chi connectivity index (χ2v) is 10.9. The topological polar surface area (TPSA) is 107 Å². The number of nitrogens with one attached hydrogen (secondary N) is 1. The van der Waals surface area contributed by atoms with Crippen molar-refractivity contribution in [2.45, 2.75) is 17.2 Å². The molecule has 0 aliphatic heterocycles. The summed E-state index contributed by atoms with van der Waals surface area (Å²) >= 11 is 1.03. The standard InChI is InChI=1S/C25H21NO5S2/c27-15-18-7-5-17(6-8-18)9-10-21-11-12-24(32-21)33(30,31)16-20(25(28)29)13-19-14-26-23-4-2-1-3-22(19)23/h1-8,11-12,14,20,26-27H,13,15-16H2,(H,28,29)/t20-/m1/s1. The molecule has 2 aromatic heterocycles. The summed E-state index contributed by atoms with van der Waals surface area (Å²) in [4.78, 5) is 15.5. The lowest BCUT2D eigenvalue weighted by atomic mass is 10.0. The largest absolute Gasteiger partial charge is 0.481 e.